The van der Waals surface area contributed by atoms with Crippen LogP contribution in [-0.2, 0) is 13.1 Å². The van der Waals surface area contributed by atoms with Crippen molar-refractivity contribution in [3.63, 3.8) is 0 Å². The van der Waals surface area contributed by atoms with Gasteiger partial charge in [0.25, 0.3) is 0 Å². The number of hydrogen-bond donors (Lipinski definition) is 2. The fourth-order valence-corrected chi connectivity index (χ4v) is 2.64. The van der Waals surface area contributed by atoms with Gasteiger partial charge in [-0.2, -0.15) is 0 Å². The lowest BCUT2D eigenvalue weighted by molar-refractivity contribution is 0.354. The van der Waals surface area contributed by atoms with Crippen LogP contribution >= 0.6 is 0 Å². The summed E-state index contributed by atoms with van der Waals surface area (Å²) in [6.07, 6.45) is 1.80. The lowest BCUT2D eigenvalue weighted by atomic mass is 10.2. The molecule has 2 rings (SSSR count). The summed E-state index contributed by atoms with van der Waals surface area (Å²) in [5.41, 5.74) is 2.15. The van der Waals surface area contributed by atoms with Crippen molar-refractivity contribution in [2.45, 2.75) is 20.0 Å². The SMILES string of the molecule is CCNC(=NCc1ccc(OC)c(OC)c1)NCc1cccnc1N(C)C. The van der Waals surface area contributed by atoms with E-state index in [4.69, 9.17) is 9.47 Å². The molecule has 146 valence electrons. The van der Waals surface area contributed by atoms with Gasteiger partial charge in [0.15, 0.2) is 17.5 Å². The Morgan fingerprint density at radius 3 is 2.56 bits per heavy atom. The van der Waals surface area contributed by atoms with Crippen LogP contribution in [0.25, 0.3) is 0 Å². The number of benzene rings is 1. The third-order valence-corrected chi connectivity index (χ3v) is 3.95. The Bertz CT molecular complexity index is 762. The molecule has 7 heteroatoms. The summed E-state index contributed by atoms with van der Waals surface area (Å²) in [4.78, 5) is 11.1. The first-order valence-electron chi connectivity index (χ1n) is 8.93. The van der Waals surface area contributed by atoms with Crippen LogP contribution in [0.2, 0.25) is 0 Å². The van der Waals surface area contributed by atoms with E-state index in [1.54, 1.807) is 20.4 Å². The molecule has 0 bridgehead atoms. The fraction of sp³-hybridized carbons (Fsp3) is 0.400. The molecule has 0 radical (unpaired) electrons. The number of pyridine rings is 1. The van der Waals surface area contributed by atoms with Crippen molar-refractivity contribution in [2.24, 2.45) is 4.99 Å². The molecular weight excluding hydrogens is 342 g/mol. The lowest BCUT2D eigenvalue weighted by Gasteiger charge is -2.17. The number of guanidine groups is 1. The Morgan fingerprint density at radius 1 is 1.11 bits per heavy atom. The van der Waals surface area contributed by atoms with Crippen LogP contribution in [0, 0.1) is 0 Å². The largest absolute Gasteiger partial charge is 0.493 e. The number of nitrogens with zero attached hydrogens (tertiary/aromatic N) is 3. The van der Waals surface area contributed by atoms with Gasteiger partial charge in [0.05, 0.1) is 20.8 Å². The zero-order valence-electron chi connectivity index (χ0n) is 16.7. The maximum Gasteiger partial charge on any atom is 0.191 e. The van der Waals surface area contributed by atoms with E-state index in [1.165, 1.54) is 0 Å². The van der Waals surface area contributed by atoms with Crippen molar-refractivity contribution in [1.29, 1.82) is 0 Å². The van der Waals surface area contributed by atoms with E-state index in [0.29, 0.717) is 24.6 Å². The molecule has 27 heavy (non-hydrogen) atoms. The van der Waals surface area contributed by atoms with Gasteiger partial charge in [0.1, 0.15) is 5.82 Å². The molecule has 0 saturated heterocycles. The Balaban J connectivity index is 2.09. The first kappa shape index (κ1) is 20.4. The van der Waals surface area contributed by atoms with Gasteiger partial charge in [-0.15, -0.1) is 0 Å². The lowest BCUT2D eigenvalue weighted by Crippen LogP contribution is -2.37. The quantitative estimate of drug-likeness (QED) is 0.549. The van der Waals surface area contributed by atoms with Crippen LogP contribution < -0.4 is 25.0 Å². The molecule has 2 aromatic rings. The van der Waals surface area contributed by atoms with E-state index in [0.717, 1.165) is 29.4 Å². The van der Waals surface area contributed by atoms with Crippen molar-refractivity contribution in [2.75, 3.05) is 39.8 Å². The highest BCUT2D eigenvalue weighted by atomic mass is 16.5. The molecule has 2 N–H and O–H groups in total. The predicted molar refractivity (Wildman–Crippen MR) is 110 cm³/mol. The number of methoxy groups -OCH3 is 2. The van der Waals surface area contributed by atoms with Crippen molar-refractivity contribution < 1.29 is 9.47 Å². The number of hydrogen-bond acceptors (Lipinski definition) is 5. The highest BCUT2D eigenvalue weighted by Crippen LogP contribution is 2.27. The molecule has 0 fully saturated rings. The molecule has 0 amide bonds. The molecule has 0 aliphatic heterocycles. The van der Waals surface area contributed by atoms with Gasteiger partial charge in [-0.05, 0) is 30.7 Å². The van der Waals surface area contributed by atoms with Gasteiger partial charge in [-0.25, -0.2) is 9.98 Å². The van der Waals surface area contributed by atoms with E-state index in [-0.39, 0.29) is 0 Å². The van der Waals surface area contributed by atoms with Gasteiger partial charge in [0.2, 0.25) is 0 Å². The Labute approximate surface area is 161 Å². The van der Waals surface area contributed by atoms with E-state index in [1.807, 2.05) is 50.2 Å². The Hall–Kier alpha value is -2.96. The first-order valence-corrected chi connectivity index (χ1v) is 8.93. The van der Waals surface area contributed by atoms with Crippen LogP contribution in [-0.4, -0.2) is 45.8 Å². The molecule has 0 aliphatic carbocycles. The summed E-state index contributed by atoms with van der Waals surface area (Å²) < 4.78 is 10.6. The van der Waals surface area contributed by atoms with Crippen molar-refractivity contribution in [3.8, 4) is 11.5 Å². The highest BCUT2D eigenvalue weighted by molar-refractivity contribution is 5.79. The van der Waals surface area contributed by atoms with Crippen molar-refractivity contribution >= 4 is 11.8 Å². The van der Waals surface area contributed by atoms with Crippen LogP contribution in [0.1, 0.15) is 18.1 Å². The third kappa shape index (κ3) is 5.77. The summed E-state index contributed by atoms with van der Waals surface area (Å²) in [6.45, 7) is 4.00. The molecule has 1 aromatic heterocycles. The number of aliphatic imine (C=N–C) groups is 1. The van der Waals surface area contributed by atoms with E-state index >= 15 is 0 Å². The minimum Gasteiger partial charge on any atom is -0.493 e. The number of aromatic nitrogens is 1. The monoisotopic (exact) mass is 371 g/mol. The number of rotatable bonds is 8. The molecule has 0 aliphatic rings. The zero-order chi connectivity index (χ0) is 19.6. The minimum absolute atomic E-state index is 0.531. The van der Waals surface area contributed by atoms with Gasteiger partial charge in [-0.3, -0.25) is 0 Å². The predicted octanol–water partition coefficient (Wildman–Crippen LogP) is 2.42. The maximum absolute atomic E-state index is 5.36. The van der Waals surface area contributed by atoms with Gasteiger partial charge < -0.3 is 25.0 Å². The molecule has 1 heterocycles. The third-order valence-electron chi connectivity index (χ3n) is 3.95. The van der Waals surface area contributed by atoms with Gasteiger partial charge in [0, 0.05) is 38.9 Å². The molecule has 0 spiro atoms. The van der Waals surface area contributed by atoms with Gasteiger partial charge in [-0.1, -0.05) is 12.1 Å². The normalized spacial score (nSPS) is 11.1. The Kier molecular flexibility index (Phi) is 7.73. The number of anilines is 1. The minimum atomic E-state index is 0.531. The Morgan fingerprint density at radius 2 is 1.89 bits per heavy atom. The van der Waals surface area contributed by atoms with Crippen LogP contribution in [0.3, 0.4) is 0 Å². The van der Waals surface area contributed by atoms with E-state index < -0.39 is 0 Å². The van der Waals surface area contributed by atoms with E-state index in [2.05, 4.69) is 26.7 Å². The molecular formula is C20H29N5O2. The molecule has 0 unspecified atom stereocenters. The average molecular weight is 371 g/mol. The molecule has 7 nitrogen and oxygen atoms in total. The van der Waals surface area contributed by atoms with Crippen LogP contribution in [0.15, 0.2) is 41.5 Å². The summed E-state index contributed by atoms with van der Waals surface area (Å²) in [5, 5.41) is 6.64. The smallest absolute Gasteiger partial charge is 0.191 e. The second-order valence-electron chi connectivity index (χ2n) is 6.12. The maximum atomic E-state index is 5.36. The fourth-order valence-electron chi connectivity index (χ4n) is 2.64. The standard InChI is InChI=1S/C20H29N5O2/c1-6-21-20(24-14-16-8-7-11-22-19(16)25(2)3)23-13-15-9-10-17(26-4)18(12-15)27-5/h7-12H,6,13-14H2,1-5H3,(H2,21,23,24). The summed E-state index contributed by atoms with van der Waals surface area (Å²) in [5.74, 6) is 3.11. The van der Waals surface area contributed by atoms with E-state index in [9.17, 15) is 0 Å². The van der Waals surface area contributed by atoms with Crippen molar-refractivity contribution in [1.82, 2.24) is 15.6 Å². The number of nitrogens with one attached hydrogen (secondary N) is 2. The van der Waals surface area contributed by atoms with Gasteiger partial charge >= 0.3 is 0 Å². The molecule has 1 aromatic carbocycles. The summed E-state index contributed by atoms with van der Waals surface area (Å²) in [7, 11) is 7.24. The number of ether oxygens (including phenoxy) is 2. The summed E-state index contributed by atoms with van der Waals surface area (Å²) in [6, 6.07) is 9.82. The van der Waals surface area contributed by atoms with Crippen LogP contribution in [0.4, 0.5) is 5.82 Å². The van der Waals surface area contributed by atoms with Crippen LogP contribution in [0.5, 0.6) is 11.5 Å². The molecule has 0 saturated carbocycles. The topological polar surface area (TPSA) is 71.0 Å². The first-order chi connectivity index (χ1) is 13.1. The zero-order valence-corrected chi connectivity index (χ0v) is 16.7. The highest BCUT2D eigenvalue weighted by Gasteiger charge is 2.07. The molecule has 0 atom stereocenters. The average Bonchev–Trinajstić information content (AvgIpc) is 2.69. The van der Waals surface area contributed by atoms with Crippen molar-refractivity contribution in [3.05, 3.63) is 47.7 Å². The second kappa shape index (κ2) is 10.3. The second-order valence-corrected chi connectivity index (χ2v) is 6.12. The summed E-state index contributed by atoms with van der Waals surface area (Å²) >= 11 is 0.